The van der Waals surface area contributed by atoms with Crippen molar-refractivity contribution in [3.8, 4) is 0 Å². The van der Waals surface area contributed by atoms with Gasteiger partial charge in [-0.05, 0) is 32.1 Å². The Balaban J connectivity index is 4.60. The lowest BCUT2D eigenvalue weighted by molar-refractivity contribution is -0.161. The number of carbonyl (C=O) groups is 3. The number of allylic oxidation sites excluding steroid dienone is 6. The quantitative estimate of drug-likeness (QED) is 0.0169. The van der Waals surface area contributed by atoms with E-state index >= 15 is 0 Å². The molecule has 0 saturated heterocycles. The first-order valence-electron chi connectivity index (χ1n) is 21.9. The Labute approximate surface area is 349 Å². The fourth-order valence-electron chi connectivity index (χ4n) is 5.75. The number of rotatable bonds is 40. The van der Waals surface area contributed by atoms with E-state index in [1.54, 1.807) is 24.3 Å². The summed E-state index contributed by atoms with van der Waals surface area (Å²) in [5.74, 6) is -2.64. The number of carbonyl (C=O) groups excluding carboxylic acids is 2. The number of hydrogen-bond donors (Lipinski definition) is 5. The maximum absolute atomic E-state index is 12.6. The van der Waals surface area contributed by atoms with Crippen molar-refractivity contribution >= 4 is 25.7 Å². The highest BCUT2D eigenvalue weighted by molar-refractivity contribution is 7.47. The van der Waals surface area contributed by atoms with Gasteiger partial charge in [-0.2, -0.15) is 0 Å². The first-order chi connectivity index (χ1) is 27.9. The zero-order valence-corrected chi connectivity index (χ0v) is 36.5. The molecular weight excluding hydrogens is 765 g/mol. The molecule has 0 bridgehead atoms. The number of phosphoric ester groups is 1. The molecule has 14 heteroatoms. The minimum absolute atomic E-state index is 0.0866. The van der Waals surface area contributed by atoms with Crippen LogP contribution in [0.15, 0.2) is 48.6 Å². The van der Waals surface area contributed by atoms with Gasteiger partial charge >= 0.3 is 25.7 Å². The largest absolute Gasteiger partial charge is 0.480 e. The molecule has 0 aliphatic heterocycles. The van der Waals surface area contributed by atoms with Crippen molar-refractivity contribution in [3.63, 3.8) is 0 Å². The number of hydrogen-bond acceptors (Lipinski definition) is 11. The van der Waals surface area contributed by atoms with E-state index in [1.165, 1.54) is 70.6 Å². The van der Waals surface area contributed by atoms with Crippen LogP contribution in [0.3, 0.4) is 0 Å². The van der Waals surface area contributed by atoms with E-state index in [2.05, 4.69) is 18.4 Å². The van der Waals surface area contributed by atoms with Gasteiger partial charge in [0, 0.05) is 12.8 Å². The second-order valence-corrected chi connectivity index (χ2v) is 16.3. The summed E-state index contributed by atoms with van der Waals surface area (Å²) in [6, 6.07) is -1.56. The number of aliphatic hydroxyl groups excluding tert-OH is 2. The molecule has 0 aliphatic carbocycles. The van der Waals surface area contributed by atoms with Gasteiger partial charge in [0.2, 0.25) is 0 Å². The van der Waals surface area contributed by atoms with Gasteiger partial charge in [0.25, 0.3) is 0 Å². The number of esters is 2. The fourth-order valence-corrected chi connectivity index (χ4v) is 6.53. The number of unbranched alkanes of at least 4 members (excludes halogenated alkanes) is 16. The molecule has 58 heavy (non-hydrogen) atoms. The summed E-state index contributed by atoms with van der Waals surface area (Å²) < 4.78 is 32.5. The van der Waals surface area contributed by atoms with Crippen molar-refractivity contribution in [1.82, 2.24) is 0 Å². The Morgan fingerprint density at radius 2 is 1.05 bits per heavy atom. The molecule has 0 heterocycles. The van der Waals surface area contributed by atoms with Crippen LogP contribution < -0.4 is 5.73 Å². The number of carboxylic acid groups (broad SMARTS) is 1. The number of carboxylic acids is 1. The Bertz CT molecular complexity index is 1210. The van der Waals surface area contributed by atoms with Gasteiger partial charge < -0.3 is 35.4 Å². The van der Waals surface area contributed by atoms with E-state index in [9.17, 15) is 34.1 Å². The molecule has 0 spiro atoms. The molecule has 0 amide bonds. The molecule has 0 saturated carbocycles. The predicted molar refractivity (Wildman–Crippen MR) is 229 cm³/mol. The van der Waals surface area contributed by atoms with Crippen molar-refractivity contribution in [2.24, 2.45) is 5.73 Å². The summed E-state index contributed by atoms with van der Waals surface area (Å²) in [6.07, 6.45) is 35.3. The zero-order valence-electron chi connectivity index (χ0n) is 35.6. The second-order valence-electron chi connectivity index (χ2n) is 14.9. The molecule has 0 rings (SSSR count). The highest BCUT2D eigenvalue weighted by atomic mass is 31.2. The summed E-state index contributed by atoms with van der Waals surface area (Å²) >= 11 is 0. The maximum atomic E-state index is 12.6. The lowest BCUT2D eigenvalue weighted by Crippen LogP contribution is -2.34. The molecule has 13 nitrogen and oxygen atoms in total. The number of phosphoric acid groups is 1. The average Bonchev–Trinajstić information content (AvgIpc) is 3.18. The van der Waals surface area contributed by atoms with Gasteiger partial charge in [-0.25, -0.2) is 4.57 Å². The second kappa shape index (κ2) is 38.6. The first-order valence-corrected chi connectivity index (χ1v) is 23.4. The summed E-state index contributed by atoms with van der Waals surface area (Å²) in [5.41, 5.74) is 5.32. The minimum atomic E-state index is -4.78. The molecule has 0 aromatic rings. The highest BCUT2D eigenvalue weighted by Crippen LogP contribution is 2.43. The van der Waals surface area contributed by atoms with E-state index in [0.29, 0.717) is 12.8 Å². The summed E-state index contributed by atoms with van der Waals surface area (Å²) in [5, 5.41) is 29.1. The highest BCUT2D eigenvalue weighted by Gasteiger charge is 2.28. The molecule has 5 atom stereocenters. The summed E-state index contributed by atoms with van der Waals surface area (Å²) in [6.45, 7) is 2.47. The summed E-state index contributed by atoms with van der Waals surface area (Å²) in [4.78, 5) is 46.0. The van der Waals surface area contributed by atoms with Gasteiger partial charge in [0.15, 0.2) is 6.10 Å². The van der Waals surface area contributed by atoms with E-state index in [4.69, 9.17) is 24.8 Å². The van der Waals surface area contributed by atoms with Crippen LogP contribution in [0.1, 0.15) is 168 Å². The normalized spacial score (nSPS) is 15.3. The van der Waals surface area contributed by atoms with E-state index in [0.717, 1.165) is 44.9 Å². The third-order valence-corrected chi connectivity index (χ3v) is 10.2. The molecule has 0 aliphatic rings. The standard InChI is InChI=1S/C44H78NO12P/c1-3-5-7-8-9-10-11-12-13-14-15-16-20-23-27-33-42(48)54-35-40(36-55-58(52,53)56-37-41(45)44(50)51)57-43(49)34-28-32-39(47)31-26-22-19-17-18-21-25-30-38(46)29-24-6-4-2/h18-19,21-22,25-26,30-31,38-41,46-47H,3-17,20,23-24,27-29,32-37,45H2,1-2H3,(H,50,51)(H,52,53)/b21-18-,22-19-,30-25+,31-26+/t38-,39-,40-,41+/m1/s1. The van der Waals surface area contributed by atoms with Crippen LogP contribution in [0.4, 0.5) is 0 Å². The third kappa shape index (κ3) is 37.6. The topological polar surface area (TPSA) is 212 Å². The first kappa shape index (κ1) is 55.4. The van der Waals surface area contributed by atoms with Crippen LogP contribution in [0.25, 0.3) is 0 Å². The Morgan fingerprint density at radius 1 is 0.603 bits per heavy atom. The molecule has 6 N–H and O–H groups in total. The van der Waals surface area contributed by atoms with Gasteiger partial charge in [-0.1, -0.05) is 172 Å². The van der Waals surface area contributed by atoms with Crippen LogP contribution in [0.2, 0.25) is 0 Å². The van der Waals surface area contributed by atoms with Crippen molar-refractivity contribution < 1.29 is 57.7 Å². The molecule has 0 aromatic heterocycles. The van der Waals surface area contributed by atoms with Crippen molar-refractivity contribution in [1.29, 1.82) is 0 Å². The van der Waals surface area contributed by atoms with Gasteiger partial charge in [0.1, 0.15) is 12.6 Å². The minimum Gasteiger partial charge on any atom is -0.480 e. The number of aliphatic carboxylic acids is 1. The Kier molecular flexibility index (Phi) is 36.8. The van der Waals surface area contributed by atoms with Crippen LogP contribution in [-0.4, -0.2) is 82.3 Å². The molecule has 336 valence electrons. The number of nitrogens with two attached hydrogens (primary N) is 1. The van der Waals surface area contributed by atoms with Crippen LogP contribution >= 0.6 is 7.82 Å². The Hall–Kier alpha value is -2.64. The van der Waals surface area contributed by atoms with Crippen molar-refractivity contribution in [2.45, 2.75) is 192 Å². The van der Waals surface area contributed by atoms with Gasteiger partial charge in [-0.15, -0.1) is 0 Å². The SMILES string of the molecule is CCCCCCCCCCCCCCCCCC(=O)OC[C@H](COP(=O)(O)OC[C@H](N)C(=O)O)OC(=O)CCC[C@H](O)/C=C/C=C\C/C=C\C=C\[C@H](O)CCCCC. The van der Waals surface area contributed by atoms with Crippen molar-refractivity contribution in [2.75, 3.05) is 19.8 Å². The zero-order chi connectivity index (χ0) is 43.1. The molecule has 0 aromatic carbocycles. The van der Waals surface area contributed by atoms with Crippen LogP contribution in [-0.2, 0) is 37.5 Å². The molecule has 0 fully saturated rings. The molecular formula is C44H78NO12P. The number of ether oxygens (including phenoxy) is 2. The summed E-state index contributed by atoms with van der Waals surface area (Å²) in [7, 11) is -4.78. The third-order valence-electron chi connectivity index (χ3n) is 9.29. The van der Waals surface area contributed by atoms with E-state index in [1.807, 2.05) is 24.3 Å². The molecule has 1 unspecified atom stereocenters. The van der Waals surface area contributed by atoms with Crippen molar-refractivity contribution in [3.05, 3.63) is 48.6 Å². The maximum Gasteiger partial charge on any atom is 0.472 e. The molecule has 0 radical (unpaired) electrons. The average molecular weight is 844 g/mol. The van der Waals surface area contributed by atoms with Crippen LogP contribution in [0.5, 0.6) is 0 Å². The predicted octanol–water partition coefficient (Wildman–Crippen LogP) is 9.34. The lowest BCUT2D eigenvalue weighted by Gasteiger charge is -2.20. The Morgan fingerprint density at radius 3 is 1.57 bits per heavy atom. The van der Waals surface area contributed by atoms with Crippen LogP contribution in [0, 0.1) is 0 Å². The monoisotopic (exact) mass is 844 g/mol. The van der Waals surface area contributed by atoms with E-state index in [-0.39, 0.29) is 25.7 Å². The van der Waals surface area contributed by atoms with Gasteiger partial charge in [-0.3, -0.25) is 23.4 Å². The fraction of sp³-hybridized carbons (Fsp3) is 0.750. The lowest BCUT2D eigenvalue weighted by atomic mass is 10.0. The number of aliphatic hydroxyl groups is 2. The van der Waals surface area contributed by atoms with Gasteiger partial charge in [0.05, 0.1) is 25.4 Å². The van der Waals surface area contributed by atoms with E-state index < -0.39 is 69.9 Å². The smallest absolute Gasteiger partial charge is 0.472 e.